The van der Waals surface area contributed by atoms with Gasteiger partial charge in [0.2, 0.25) is 5.91 Å². The Kier molecular flexibility index (Phi) is 4.81. The Morgan fingerprint density at radius 1 is 1.26 bits per heavy atom. The average Bonchev–Trinajstić information content (AvgIpc) is 2.81. The van der Waals surface area contributed by atoms with Crippen LogP contribution in [-0.2, 0) is 14.3 Å². The van der Waals surface area contributed by atoms with Crippen molar-refractivity contribution in [3.05, 3.63) is 0 Å². The van der Waals surface area contributed by atoms with Crippen LogP contribution in [0.5, 0.6) is 0 Å². The molecule has 110 valence electrons. The summed E-state index contributed by atoms with van der Waals surface area (Å²) < 4.78 is 11.1. The number of carbonyl (C=O) groups excluding carboxylic acids is 1. The SMILES string of the molecule is CC(C)C(C)NC(=O)CN1CCOCC12CCOC2. The van der Waals surface area contributed by atoms with Gasteiger partial charge in [0, 0.05) is 19.2 Å². The molecule has 5 nitrogen and oxygen atoms in total. The van der Waals surface area contributed by atoms with E-state index in [9.17, 15) is 4.79 Å². The van der Waals surface area contributed by atoms with Gasteiger partial charge in [-0.3, -0.25) is 9.69 Å². The monoisotopic (exact) mass is 270 g/mol. The molecule has 2 saturated heterocycles. The minimum atomic E-state index is -0.0728. The molecule has 1 N–H and O–H groups in total. The molecule has 2 atom stereocenters. The highest BCUT2D eigenvalue weighted by Gasteiger charge is 2.43. The number of hydrogen-bond donors (Lipinski definition) is 1. The molecule has 2 heterocycles. The highest BCUT2D eigenvalue weighted by Crippen LogP contribution is 2.28. The number of ether oxygens (including phenoxy) is 2. The second-order valence-electron chi connectivity index (χ2n) is 6.10. The van der Waals surface area contributed by atoms with Crippen molar-refractivity contribution in [2.45, 2.75) is 38.8 Å². The number of nitrogens with zero attached hydrogens (tertiary/aromatic N) is 1. The molecule has 2 aliphatic rings. The third-order valence-electron chi connectivity index (χ3n) is 4.35. The molecule has 0 aromatic rings. The molecular formula is C14H26N2O3. The van der Waals surface area contributed by atoms with Crippen LogP contribution in [0.2, 0.25) is 0 Å². The second kappa shape index (κ2) is 6.20. The number of amides is 1. The van der Waals surface area contributed by atoms with Crippen LogP contribution >= 0.6 is 0 Å². The molecular weight excluding hydrogens is 244 g/mol. The van der Waals surface area contributed by atoms with Crippen molar-refractivity contribution >= 4 is 5.91 Å². The maximum absolute atomic E-state index is 12.1. The molecule has 0 bridgehead atoms. The van der Waals surface area contributed by atoms with Gasteiger partial charge in [-0.1, -0.05) is 13.8 Å². The van der Waals surface area contributed by atoms with Gasteiger partial charge in [-0.25, -0.2) is 0 Å². The third-order valence-corrected chi connectivity index (χ3v) is 4.35. The molecule has 5 heteroatoms. The van der Waals surface area contributed by atoms with Crippen LogP contribution < -0.4 is 5.32 Å². The molecule has 2 rings (SSSR count). The minimum absolute atomic E-state index is 0.0728. The van der Waals surface area contributed by atoms with E-state index in [4.69, 9.17) is 9.47 Å². The van der Waals surface area contributed by atoms with Gasteiger partial charge in [0.05, 0.1) is 31.9 Å². The number of morpholine rings is 1. The summed E-state index contributed by atoms with van der Waals surface area (Å²) >= 11 is 0. The minimum Gasteiger partial charge on any atom is -0.379 e. The summed E-state index contributed by atoms with van der Waals surface area (Å²) in [5.41, 5.74) is -0.0728. The van der Waals surface area contributed by atoms with Gasteiger partial charge in [-0.15, -0.1) is 0 Å². The first kappa shape index (κ1) is 14.8. The lowest BCUT2D eigenvalue weighted by atomic mass is 9.96. The average molecular weight is 270 g/mol. The summed E-state index contributed by atoms with van der Waals surface area (Å²) in [6, 6.07) is 0.212. The molecule has 19 heavy (non-hydrogen) atoms. The van der Waals surface area contributed by atoms with Gasteiger partial charge in [-0.05, 0) is 19.3 Å². The predicted octanol–water partition coefficient (Wildman–Crippen LogP) is 0.638. The van der Waals surface area contributed by atoms with Crippen LogP contribution in [0.3, 0.4) is 0 Å². The summed E-state index contributed by atoms with van der Waals surface area (Å²) in [5.74, 6) is 0.562. The van der Waals surface area contributed by atoms with Crippen molar-refractivity contribution in [3.8, 4) is 0 Å². The summed E-state index contributed by atoms with van der Waals surface area (Å²) in [6.07, 6.45) is 0.958. The van der Waals surface area contributed by atoms with E-state index in [-0.39, 0.29) is 17.5 Å². The number of rotatable bonds is 4. The Hall–Kier alpha value is -0.650. The van der Waals surface area contributed by atoms with Crippen LogP contribution in [0.15, 0.2) is 0 Å². The van der Waals surface area contributed by atoms with E-state index in [1.807, 2.05) is 0 Å². The lowest BCUT2D eigenvalue weighted by Crippen LogP contribution is -2.60. The van der Waals surface area contributed by atoms with E-state index in [1.165, 1.54) is 0 Å². The highest BCUT2D eigenvalue weighted by molar-refractivity contribution is 5.78. The lowest BCUT2D eigenvalue weighted by molar-refractivity contribution is -0.129. The molecule has 2 aliphatic heterocycles. The fraction of sp³-hybridized carbons (Fsp3) is 0.929. The maximum Gasteiger partial charge on any atom is 0.234 e. The van der Waals surface area contributed by atoms with E-state index in [2.05, 4.69) is 31.0 Å². The number of hydrogen-bond acceptors (Lipinski definition) is 4. The van der Waals surface area contributed by atoms with E-state index in [1.54, 1.807) is 0 Å². The van der Waals surface area contributed by atoms with Gasteiger partial charge in [0.1, 0.15) is 0 Å². The van der Waals surface area contributed by atoms with Gasteiger partial charge >= 0.3 is 0 Å². The number of nitrogens with one attached hydrogen (secondary N) is 1. The number of carbonyl (C=O) groups is 1. The maximum atomic E-state index is 12.1. The first-order valence-electron chi connectivity index (χ1n) is 7.23. The molecule has 0 aromatic heterocycles. The van der Waals surface area contributed by atoms with Gasteiger partial charge in [0.25, 0.3) is 0 Å². The van der Waals surface area contributed by atoms with Gasteiger partial charge < -0.3 is 14.8 Å². The lowest BCUT2D eigenvalue weighted by Gasteiger charge is -2.43. The predicted molar refractivity (Wildman–Crippen MR) is 73.0 cm³/mol. The van der Waals surface area contributed by atoms with Crippen molar-refractivity contribution in [1.29, 1.82) is 0 Å². The van der Waals surface area contributed by atoms with Crippen molar-refractivity contribution in [3.63, 3.8) is 0 Å². The zero-order chi connectivity index (χ0) is 13.9. The Balaban J connectivity index is 1.91. The fourth-order valence-corrected chi connectivity index (χ4v) is 2.61. The van der Waals surface area contributed by atoms with Crippen LogP contribution in [-0.4, -0.2) is 61.9 Å². The third kappa shape index (κ3) is 3.46. The Morgan fingerprint density at radius 3 is 2.58 bits per heavy atom. The molecule has 2 unspecified atom stereocenters. The van der Waals surface area contributed by atoms with E-state index >= 15 is 0 Å². The topological polar surface area (TPSA) is 50.8 Å². The van der Waals surface area contributed by atoms with Crippen molar-refractivity contribution in [2.24, 2.45) is 5.92 Å². The van der Waals surface area contributed by atoms with Crippen molar-refractivity contribution < 1.29 is 14.3 Å². The van der Waals surface area contributed by atoms with Gasteiger partial charge in [-0.2, -0.15) is 0 Å². The van der Waals surface area contributed by atoms with Crippen LogP contribution in [0.4, 0.5) is 0 Å². The molecule has 0 aromatic carbocycles. The summed E-state index contributed by atoms with van der Waals surface area (Å²) in [7, 11) is 0. The second-order valence-corrected chi connectivity index (χ2v) is 6.10. The van der Waals surface area contributed by atoms with Crippen molar-refractivity contribution in [1.82, 2.24) is 10.2 Å². The van der Waals surface area contributed by atoms with E-state index < -0.39 is 0 Å². The van der Waals surface area contributed by atoms with Crippen molar-refractivity contribution in [2.75, 3.05) is 39.5 Å². The normalized spacial score (nSPS) is 29.9. The van der Waals surface area contributed by atoms with Gasteiger partial charge in [0.15, 0.2) is 0 Å². The smallest absolute Gasteiger partial charge is 0.234 e. The largest absolute Gasteiger partial charge is 0.379 e. The molecule has 2 fully saturated rings. The van der Waals surface area contributed by atoms with E-state index in [0.717, 1.165) is 19.6 Å². The zero-order valence-electron chi connectivity index (χ0n) is 12.3. The first-order valence-corrected chi connectivity index (χ1v) is 7.23. The molecule has 1 amide bonds. The standard InChI is InChI=1S/C14H26N2O3/c1-11(2)12(3)15-13(17)8-16-5-7-19-10-14(16)4-6-18-9-14/h11-12H,4-10H2,1-3H3,(H,15,17). The van der Waals surface area contributed by atoms with Crippen LogP contribution in [0.1, 0.15) is 27.2 Å². The zero-order valence-corrected chi connectivity index (χ0v) is 12.3. The van der Waals surface area contributed by atoms with E-state index in [0.29, 0.717) is 32.3 Å². The molecule has 1 spiro atoms. The Morgan fingerprint density at radius 2 is 1.95 bits per heavy atom. The Labute approximate surface area is 115 Å². The molecule has 0 aliphatic carbocycles. The quantitative estimate of drug-likeness (QED) is 0.814. The van der Waals surface area contributed by atoms with Crippen LogP contribution in [0.25, 0.3) is 0 Å². The highest BCUT2D eigenvalue weighted by atomic mass is 16.5. The van der Waals surface area contributed by atoms with Crippen LogP contribution in [0, 0.1) is 5.92 Å². The first-order chi connectivity index (χ1) is 9.03. The summed E-state index contributed by atoms with van der Waals surface area (Å²) in [6.45, 7) is 10.4. The summed E-state index contributed by atoms with van der Waals surface area (Å²) in [4.78, 5) is 14.4. The summed E-state index contributed by atoms with van der Waals surface area (Å²) in [5, 5.41) is 3.07. The fourth-order valence-electron chi connectivity index (χ4n) is 2.61. The molecule has 0 saturated carbocycles. The Bertz CT molecular complexity index is 314. The molecule has 0 radical (unpaired) electrons.